The van der Waals surface area contributed by atoms with Gasteiger partial charge in [0.05, 0.1) is 25.6 Å². The summed E-state index contributed by atoms with van der Waals surface area (Å²) in [6, 6.07) is 13.7. The summed E-state index contributed by atoms with van der Waals surface area (Å²) in [5.74, 6) is 0.201. The van der Waals surface area contributed by atoms with Crippen molar-refractivity contribution < 1.29 is 19.0 Å². The third-order valence-electron chi connectivity index (χ3n) is 4.64. The number of hydrazone groups is 1. The van der Waals surface area contributed by atoms with Crippen molar-refractivity contribution in [3.05, 3.63) is 63.3 Å². The normalized spacial score (nSPS) is 10.8. The van der Waals surface area contributed by atoms with E-state index in [1.165, 1.54) is 13.3 Å². The molecule has 0 bridgehead atoms. The number of hydrogen-bond donors (Lipinski definition) is 1. The summed E-state index contributed by atoms with van der Waals surface area (Å²) in [4.78, 5) is 16.5. The molecule has 8 nitrogen and oxygen atoms in total. The summed E-state index contributed by atoms with van der Waals surface area (Å²) in [5.41, 5.74) is 4.61. The SMILES string of the molecule is COCc1c(Br)c(C)nc(OCC(=O)N/N=C/c2c(OC)ccc3ccccc23)c1C#N. The number of benzene rings is 2. The van der Waals surface area contributed by atoms with Gasteiger partial charge in [0.2, 0.25) is 5.88 Å². The van der Waals surface area contributed by atoms with Crippen LogP contribution in [-0.4, -0.2) is 37.9 Å². The van der Waals surface area contributed by atoms with Gasteiger partial charge < -0.3 is 14.2 Å². The minimum atomic E-state index is -0.500. The molecule has 164 valence electrons. The molecule has 0 atom stereocenters. The van der Waals surface area contributed by atoms with Crippen molar-refractivity contribution >= 4 is 38.8 Å². The van der Waals surface area contributed by atoms with Crippen LogP contribution < -0.4 is 14.9 Å². The van der Waals surface area contributed by atoms with Gasteiger partial charge in [-0.15, -0.1) is 0 Å². The number of aromatic nitrogens is 1. The Balaban J connectivity index is 1.73. The largest absolute Gasteiger partial charge is 0.496 e. The lowest BCUT2D eigenvalue weighted by Crippen LogP contribution is -2.25. The number of carbonyl (C=O) groups is 1. The first-order chi connectivity index (χ1) is 15.5. The molecule has 2 aromatic carbocycles. The van der Waals surface area contributed by atoms with Crippen LogP contribution in [0.5, 0.6) is 11.6 Å². The highest BCUT2D eigenvalue weighted by molar-refractivity contribution is 9.10. The number of halogens is 1. The van der Waals surface area contributed by atoms with E-state index >= 15 is 0 Å². The van der Waals surface area contributed by atoms with Gasteiger partial charge in [-0.2, -0.15) is 10.4 Å². The van der Waals surface area contributed by atoms with Gasteiger partial charge >= 0.3 is 0 Å². The van der Waals surface area contributed by atoms with Gasteiger partial charge in [-0.1, -0.05) is 30.3 Å². The first kappa shape index (κ1) is 23.2. The number of nitrogens with zero attached hydrogens (tertiary/aromatic N) is 3. The van der Waals surface area contributed by atoms with Crippen LogP contribution in [0, 0.1) is 18.3 Å². The van der Waals surface area contributed by atoms with E-state index in [0.717, 1.165) is 16.3 Å². The number of aryl methyl sites for hydroxylation is 1. The van der Waals surface area contributed by atoms with Crippen LogP contribution in [0.25, 0.3) is 10.8 Å². The van der Waals surface area contributed by atoms with Crippen molar-refractivity contribution in [1.29, 1.82) is 5.26 Å². The Kier molecular flexibility index (Phi) is 7.76. The van der Waals surface area contributed by atoms with E-state index in [2.05, 4.69) is 37.5 Å². The number of hydrogen-bond acceptors (Lipinski definition) is 7. The average molecular weight is 497 g/mol. The lowest BCUT2D eigenvalue weighted by Gasteiger charge is -2.13. The second-order valence-corrected chi connectivity index (χ2v) is 7.49. The second-order valence-electron chi connectivity index (χ2n) is 6.70. The monoisotopic (exact) mass is 496 g/mol. The van der Waals surface area contributed by atoms with Gasteiger partial charge in [-0.3, -0.25) is 4.79 Å². The highest BCUT2D eigenvalue weighted by Crippen LogP contribution is 2.30. The van der Waals surface area contributed by atoms with Crippen molar-refractivity contribution in [2.45, 2.75) is 13.5 Å². The lowest BCUT2D eigenvalue weighted by molar-refractivity contribution is -0.123. The van der Waals surface area contributed by atoms with E-state index in [1.807, 2.05) is 36.4 Å². The molecule has 32 heavy (non-hydrogen) atoms. The summed E-state index contributed by atoms with van der Waals surface area (Å²) in [7, 11) is 3.10. The summed E-state index contributed by atoms with van der Waals surface area (Å²) in [6.07, 6.45) is 1.53. The molecule has 0 radical (unpaired) electrons. The molecule has 0 fully saturated rings. The maximum Gasteiger partial charge on any atom is 0.278 e. The fraction of sp³-hybridized carbons (Fsp3) is 0.217. The molecule has 0 spiro atoms. The van der Waals surface area contributed by atoms with E-state index in [9.17, 15) is 10.1 Å². The first-order valence-corrected chi connectivity index (χ1v) is 10.4. The zero-order valence-electron chi connectivity index (χ0n) is 17.8. The van der Waals surface area contributed by atoms with E-state index in [1.54, 1.807) is 14.0 Å². The standard InChI is InChI=1S/C23H21BrN4O4/c1-14-22(24)19(12-30-2)17(10-25)23(27-14)32-13-21(29)28-26-11-18-16-7-5-4-6-15(16)8-9-20(18)31-3/h4-9,11H,12-13H2,1-3H3,(H,28,29)/b26-11+. The number of pyridine rings is 1. The van der Waals surface area contributed by atoms with E-state index < -0.39 is 5.91 Å². The third-order valence-corrected chi connectivity index (χ3v) is 5.69. The van der Waals surface area contributed by atoms with Crippen LogP contribution in [0.1, 0.15) is 22.4 Å². The molecular weight excluding hydrogens is 476 g/mol. The van der Waals surface area contributed by atoms with Crippen LogP contribution in [-0.2, 0) is 16.1 Å². The maximum absolute atomic E-state index is 12.3. The fourth-order valence-electron chi connectivity index (χ4n) is 3.14. The minimum Gasteiger partial charge on any atom is -0.496 e. The zero-order chi connectivity index (χ0) is 23.1. The van der Waals surface area contributed by atoms with Crippen LogP contribution in [0.3, 0.4) is 0 Å². The molecule has 0 saturated heterocycles. The Labute approximate surface area is 193 Å². The van der Waals surface area contributed by atoms with Crippen LogP contribution >= 0.6 is 15.9 Å². The van der Waals surface area contributed by atoms with Crippen molar-refractivity contribution in [2.24, 2.45) is 5.10 Å². The maximum atomic E-state index is 12.3. The van der Waals surface area contributed by atoms with Crippen LogP contribution in [0.2, 0.25) is 0 Å². The van der Waals surface area contributed by atoms with Crippen molar-refractivity contribution in [2.75, 3.05) is 20.8 Å². The minimum absolute atomic E-state index is 0.0649. The number of nitriles is 1. The van der Waals surface area contributed by atoms with Crippen molar-refractivity contribution in [3.63, 3.8) is 0 Å². The van der Waals surface area contributed by atoms with Crippen molar-refractivity contribution in [1.82, 2.24) is 10.4 Å². The van der Waals surface area contributed by atoms with E-state index in [4.69, 9.17) is 14.2 Å². The molecule has 0 aliphatic carbocycles. The molecule has 1 heterocycles. The van der Waals surface area contributed by atoms with Crippen LogP contribution in [0.15, 0.2) is 46.0 Å². The molecule has 1 N–H and O–H groups in total. The summed E-state index contributed by atoms with van der Waals surface area (Å²) in [5, 5.41) is 15.5. The Morgan fingerprint density at radius 2 is 2.06 bits per heavy atom. The van der Waals surface area contributed by atoms with Crippen molar-refractivity contribution in [3.8, 4) is 17.7 Å². The average Bonchev–Trinajstić information content (AvgIpc) is 2.81. The van der Waals surface area contributed by atoms with Gasteiger partial charge in [0.15, 0.2) is 6.61 Å². The summed E-state index contributed by atoms with van der Waals surface area (Å²) < 4.78 is 16.7. The van der Waals surface area contributed by atoms with Gasteiger partial charge in [0.25, 0.3) is 5.91 Å². The number of rotatable bonds is 8. The number of carbonyl (C=O) groups excluding carboxylic acids is 1. The number of amides is 1. The highest BCUT2D eigenvalue weighted by atomic mass is 79.9. The Hall–Kier alpha value is -3.48. The van der Waals surface area contributed by atoms with Crippen LogP contribution in [0.4, 0.5) is 0 Å². The number of methoxy groups -OCH3 is 2. The molecular formula is C23H21BrN4O4. The Morgan fingerprint density at radius 3 is 2.78 bits per heavy atom. The Bertz CT molecular complexity index is 1220. The quantitative estimate of drug-likeness (QED) is 0.374. The summed E-state index contributed by atoms with van der Waals surface area (Å²) in [6.45, 7) is 1.60. The third kappa shape index (κ3) is 5.04. The lowest BCUT2D eigenvalue weighted by atomic mass is 10.0. The summed E-state index contributed by atoms with van der Waals surface area (Å²) >= 11 is 3.41. The van der Waals surface area contributed by atoms with E-state index in [-0.39, 0.29) is 24.7 Å². The zero-order valence-corrected chi connectivity index (χ0v) is 19.4. The molecule has 0 unspecified atom stereocenters. The van der Waals surface area contributed by atoms with Gasteiger partial charge in [-0.05, 0) is 39.7 Å². The van der Waals surface area contributed by atoms with Gasteiger partial charge in [0, 0.05) is 22.7 Å². The second kappa shape index (κ2) is 10.7. The number of nitrogens with one attached hydrogen (secondary N) is 1. The van der Waals surface area contributed by atoms with Gasteiger partial charge in [0.1, 0.15) is 17.4 Å². The predicted octanol–water partition coefficient (Wildman–Crippen LogP) is 3.86. The molecule has 3 aromatic rings. The number of ether oxygens (including phenoxy) is 3. The highest BCUT2D eigenvalue weighted by Gasteiger charge is 2.18. The Morgan fingerprint density at radius 1 is 1.28 bits per heavy atom. The molecule has 3 rings (SSSR count). The molecule has 1 aromatic heterocycles. The molecule has 9 heteroatoms. The topological polar surface area (TPSA) is 106 Å². The van der Waals surface area contributed by atoms with E-state index in [0.29, 0.717) is 21.5 Å². The predicted molar refractivity (Wildman–Crippen MR) is 124 cm³/mol. The number of fused-ring (bicyclic) bond motifs is 1. The molecule has 1 amide bonds. The first-order valence-electron chi connectivity index (χ1n) is 9.58. The molecule has 0 aliphatic rings. The smallest absolute Gasteiger partial charge is 0.278 e. The molecule has 0 aliphatic heterocycles. The molecule has 0 saturated carbocycles. The van der Waals surface area contributed by atoms with Gasteiger partial charge in [-0.25, -0.2) is 10.4 Å². The fourth-order valence-corrected chi connectivity index (χ4v) is 3.54.